The number of ether oxygens (including phenoxy) is 1. The van der Waals surface area contributed by atoms with Crippen molar-refractivity contribution in [1.29, 1.82) is 0 Å². The second-order valence-corrected chi connectivity index (χ2v) is 3.57. The normalized spacial score (nSPS) is 10.5. The van der Waals surface area contributed by atoms with E-state index >= 15 is 0 Å². The van der Waals surface area contributed by atoms with Gasteiger partial charge < -0.3 is 4.74 Å². The standard InChI is InChI=1S/C13H8F3NO2/c14-9-5-4-8(7-11(9)19-13(15)16)12(18)10-3-1-2-6-17-10/h1-7,13H. The van der Waals surface area contributed by atoms with Crippen LogP contribution in [-0.4, -0.2) is 17.4 Å². The van der Waals surface area contributed by atoms with Gasteiger partial charge in [-0.1, -0.05) is 6.07 Å². The number of benzene rings is 1. The lowest BCUT2D eigenvalue weighted by atomic mass is 10.1. The zero-order valence-electron chi connectivity index (χ0n) is 9.52. The molecule has 2 aromatic rings. The molecule has 0 bridgehead atoms. The third-order valence-corrected chi connectivity index (χ3v) is 2.31. The van der Waals surface area contributed by atoms with Crippen LogP contribution in [0.2, 0.25) is 0 Å². The molecule has 3 nitrogen and oxygen atoms in total. The molecule has 1 aromatic carbocycles. The summed E-state index contributed by atoms with van der Waals surface area (Å²) in [5.74, 6) is -2.13. The average Bonchev–Trinajstić information content (AvgIpc) is 2.41. The Kier molecular flexibility index (Phi) is 3.79. The highest BCUT2D eigenvalue weighted by atomic mass is 19.3. The molecule has 0 aliphatic rings. The van der Waals surface area contributed by atoms with Gasteiger partial charge in [-0.05, 0) is 30.3 Å². The fourth-order valence-electron chi connectivity index (χ4n) is 1.48. The molecule has 1 heterocycles. The number of carbonyl (C=O) groups excluding carboxylic acids is 1. The highest BCUT2D eigenvalue weighted by Gasteiger charge is 2.15. The maximum Gasteiger partial charge on any atom is 0.387 e. The quantitative estimate of drug-likeness (QED) is 0.799. The van der Waals surface area contributed by atoms with Crippen LogP contribution in [0.15, 0.2) is 42.6 Å². The number of rotatable bonds is 4. The molecule has 0 spiro atoms. The molecule has 0 fully saturated rings. The summed E-state index contributed by atoms with van der Waals surface area (Å²) in [5.41, 5.74) is 0.160. The number of alkyl halides is 2. The molecule has 0 saturated carbocycles. The molecule has 0 amide bonds. The van der Waals surface area contributed by atoms with E-state index in [9.17, 15) is 18.0 Å². The molecule has 1 aromatic heterocycles. The van der Waals surface area contributed by atoms with Gasteiger partial charge in [-0.25, -0.2) is 4.39 Å². The summed E-state index contributed by atoms with van der Waals surface area (Å²) in [4.78, 5) is 15.8. The van der Waals surface area contributed by atoms with Crippen LogP contribution in [0.5, 0.6) is 5.75 Å². The first-order valence-electron chi connectivity index (χ1n) is 5.28. The van der Waals surface area contributed by atoms with Crippen LogP contribution in [0.25, 0.3) is 0 Å². The SMILES string of the molecule is O=C(c1ccc(F)c(OC(F)F)c1)c1ccccn1. The van der Waals surface area contributed by atoms with E-state index in [0.717, 1.165) is 12.1 Å². The molecule has 0 unspecified atom stereocenters. The van der Waals surface area contributed by atoms with Crippen LogP contribution in [0.1, 0.15) is 16.1 Å². The van der Waals surface area contributed by atoms with Crippen LogP contribution in [0, 0.1) is 5.82 Å². The molecular formula is C13H8F3NO2. The number of carbonyl (C=O) groups is 1. The van der Waals surface area contributed by atoms with E-state index in [1.54, 1.807) is 12.1 Å². The van der Waals surface area contributed by atoms with Crippen molar-refractivity contribution in [2.45, 2.75) is 6.61 Å². The van der Waals surface area contributed by atoms with Gasteiger partial charge >= 0.3 is 6.61 Å². The summed E-state index contributed by atoms with van der Waals surface area (Å²) < 4.78 is 41.3. The monoisotopic (exact) mass is 267 g/mol. The second-order valence-electron chi connectivity index (χ2n) is 3.57. The number of hydrogen-bond acceptors (Lipinski definition) is 3. The molecule has 0 radical (unpaired) electrons. The van der Waals surface area contributed by atoms with Gasteiger partial charge in [-0.15, -0.1) is 0 Å². The van der Waals surface area contributed by atoms with Gasteiger partial charge in [0.15, 0.2) is 11.6 Å². The molecule has 0 N–H and O–H groups in total. The number of hydrogen-bond donors (Lipinski definition) is 0. The smallest absolute Gasteiger partial charge is 0.387 e. The van der Waals surface area contributed by atoms with Crippen molar-refractivity contribution in [3.8, 4) is 5.75 Å². The largest absolute Gasteiger partial charge is 0.432 e. The number of nitrogens with zero attached hydrogens (tertiary/aromatic N) is 1. The zero-order chi connectivity index (χ0) is 13.8. The Balaban J connectivity index is 2.33. The Morgan fingerprint density at radius 3 is 2.63 bits per heavy atom. The van der Waals surface area contributed by atoms with E-state index in [1.807, 2.05) is 0 Å². The summed E-state index contributed by atoms with van der Waals surface area (Å²) in [6.07, 6.45) is 1.42. The molecule has 0 saturated heterocycles. The second kappa shape index (κ2) is 5.51. The third-order valence-electron chi connectivity index (χ3n) is 2.31. The highest BCUT2D eigenvalue weighted by molar-refractivity contribution is 6.07. The van der Waals surface area contributed by atoms with Crippen LogP contribution >= 0.6 is 0 Å². The maximum atomic E-state index is 13.2. The molecule has 6 heteroatoms. The number of aromatic nitrogens is 1. The minimum Gasteiger partial charge on any atom is -0.432 e. The highest BCUT2D eigenvalue weighted by Crippen LogP contribution is 2.22. The van der Waals surface area contributed by atoms with E-state index in [0.29, 0.717) is 0 Å². The lowest BCUT2D eigenvalue weighted by molar-refractivity contribution is -0.0522. The zero-order valence-corrected chi connectivity index (χ0v) is 9.52. The van der Waals surface area contributed by atoms with Crippen LogP contribution in [-0.2, 0) is 0 Å². The van der Waals surface area contributed by atoms with Gasteiger partial charge in [-0.2, -0.15) is 8.78 Å². The summed E-state index contributed by atoms with van der Waals surface area (Å²) >= 11 is 0. The fourth-order valence-corrected chi connectivity index (χ4v) is 1.48. The Bertz CT molecular complexity index is 588. The van der Waals surface area contributed by atoms with Gasteiger partial charge in [0, 0.05) is 11.8 Å². The Hall–Kier alpha value is -2.37. The Morgan fingerprint density at radius 2 is 2.00 bits per heavy atom. The lowest BCUT2D eigenvalue weighted by Crippen LogP contribution is -2.07. The summed E-state index contributed by atoms with van der Waals surface area (Å²) in [6.45, 7) is -3.16. The molecule has 0 aliphatic carbocycles. The predicted octanol–water partition coefficient (Wildman–Crippen LogP) is 3.05. The minimum atomic E-state index is -3.16. The predicted molar refractivity (Wildman–Crippen MR) is 60.7 cm³/mol. The Morgan fingerprint density at radius 1 is 1.21 bits per heavy atom. The third kappa shape index (κ3) is 3.09. The molecule has 0 atom stereocenters. The minimum absolute atomic E-state index is 0.0238. The topological polar surface area (TPSA) is 39.2 Å². The maximum absolute atomic E-state index is 13.2. The van der Waals surface area contributed by atoms with E-state index in [4.69, 9.17) is 0 Å². The first-order chi connectivity index (χ1) is 9.08. The molecule has 2 rings (SSSR count). The van der Waals surface area contributed by atoms with Crippen molar-refractivity contribution in [1.82, 2.24) is 4.98 Å². The van der Waals surface area contributed by atoms with E-state index < -0.39 is 24.0 Å². The van der Waals surface area contributed by atoms with Gasteiger partial charge in [0.05, 0.1) is 0 Å². The molecule has 98 valence electrons. The van der Waals surface area contributed by atoms with Crippen molar-refractivity contribution >= 4 is 5.78 Å². The van der Waals surface area contributed by atoms with Gasteiger partial charge in [0.2, 0.25) is 5.78 Å². The van der Waals surface area contributed by atoms with Crippen molar-refractivity contribution in [3.05, 3.63) is 59.7 Å². The van der Waals surface area contributed by atoms with Gasteiger partial charge in [0.25, 0.3) is 0 Å². The summed E-state index contributed by atoms with van der Waals surface area (Å²) in [5, 5.41) is 0. The molecule has 19 heavy (non-hydrogen) atoms. The van der Waals surface area contributed by atoms with Crippen molar-refractivity contribution in [3.63, 3.8) is 0 Å². The summed E-state index contributed by atoms with van der Waals surface area (Å²) in [7, 11) is 0. The Labute approximate surface area is 106 Å². The van der Waals surface area contributed by atoms with Crippen LogP contribution < -0.4 is 4.74 Å². The van der Waals surface area contributed by atoms with Crippen LogP contribution in [0.4, 0.5) is 13.2 Å². The molecule has 0 aliphatic heterocycles. The number of ketones is 1. The number of pyridine rings is 1. The first kappa shape index (κ1) is 13.1. The molecular weight excluding hydrogens is 259 g/mol. The van der Waals surface area contributed by atoms with E-state index in [1.165, 1.54) is 18.3 Å². The van der Waals surface area contributed by atoms with Gasteiger partial charge in [-0.3, -0.25) is 9.78 Å². The first-order valence-corrected chi connectivity index (χ1v) is 5.28. The van der Waals surface area contributed by atoms with E-state index in [2.05, 4.69) is 9.72 Å². The van der Waals surface area contributed by atoms with Crippen molar-refractivity contribution in [2.75, 3.05) is 0 Å². The van der Waals surface area contributed by atoms with Crippen LogP contribution in [0.3, 0.4) is 0 Å². The number of halogens is 3. The van der Waals surface area contributed by atoms with Gasteiger partial charge in [0.1, 0.15) is 5.69 Å². The fraction of sp³-hybridized carbons (Fsp3) is 0.0769. The van der Waals surface area contributed by atoms with Crippen molar-refractivity contribution < 1.29 is 22.7 Å². The average molecular weight is 267 g/mol. The van der Waals surface area contributed by atoms with Crippen molar-refractivity contribution in [2.24, 2.45) is 0 Å². The summed E-state index contributed by atoms with van der Waals surface area (Å²) in [6, 6.07) is 7.73. The van der Waals surface area contributed by atoms with E-state index in [-0.39, 0.29) is 11.3 Å². The lowest BCUT2D eigenvalue weighted by Gasteiger charge is -2.07.